The fourth-order valence-corrected chi connectivity index (χ4v) is 2.43. The smallest absolute Gasteiger partial charge is 0.223 e. The second kappa shape index (κ2) is 5.84. The van der Waals surface area contributed by atoms with E-state index in [9.17, 15) is 14.7 Å². The quantitative estimate of drug-likeness (QED) is 0.778. The molecule has 1 saturated heterocycles. The summed E-state index contributed by atoms with van der Waals surface area (Å²) >= 11 is 0. The molecule has 1 aliphatic rings. The van der Waals surface area contributed by atoms with Crippen molar-refractivity contribution in [3.05, 3.63) is 35.9 Å². The third-order valence-corrected chi connectivity index (χ3v) is 3.53. The Morgan fingerprint density at radius 1 is 1.42 bits per heavy atom. The van der Waals surface area contributed by atoms with E-state index in [1.807, 2.05) is 30.3 Å². The van der Waals surface area contributed by atoms with Gasteiger partial charge in [0.2, 0.25) is 11.8 Å². The van der Waals surface area contributed by atoms with Crippen molar-refractivity contribution in [3.8, 4) is 0 Å². The number of aliphatic hydroxyl groups excluding tert-OH is 1. The molecule has 0 aromatic heterocycles. The van der Waals surface area contributed by atoms with E-state index in [0.29, 0.717) is 13.0 Å². The van der Waals surface area contributed by atoms with Crippen LogP contribution in [0.5, 0.6) is 0 Å². The van der Waals surface area contributed by atoms with Crippen molar-refractivity contribution < 1.29 is 14.7 Å². The molecule has 0 aliphatic carbocycles. The van der Waals surface area contributed by atoms with E-state index in [0.717, 1.165) is 5.56 Å². The fraction of sp³-hybridized carbons (Fsp3) is 0.429. The lowest BCUT2D eigenvalue weighted by molar-refractivity contribution is -0.130. The van der Waals surface area contributed by atoms with Crippen LogP contribution >= 0.6 is 0 Å². The van der Waals surface area contributed by atoms with E-state index >= 15 is 0 Å². The lowest BCUT2D eigenvalue weighted by atomic mass is 10.1. The summed E-state index contributed by atoms with van der Waals surface area (Å²) in [5.74, 6) is -0.997. The third kappa shape index (κ3) is 3.12. The van der Waals surface area contributed by atoms with Crippen LogP contribution in [0.4, 0.5) is 0 Å². The SMILES string of the molecule is NC(=O)C1CC(=O)N([C@H](CO)Cc2ccccc2)C1. The Bertz CT molecular complexity index is 461. The monoisotopic (exact) mass is 262 g/mol. The summed E-state index contributed by atoms with van der Waals surface area (Å²) in [7, 11) is 0. The summed E-state index contributed by atoms with van der Waals surface area (Å²) in [6, 6.07) is 9.37. The highest BCUT2D eigenvalue weighted by molar-refractivity contribution is 5.88. The maximum absolute atomic E-state index is 11.9. The van der Waals surface area contributed by atoms with Gasteiger partial charge in [-0.1, -0.05) is 30.3 Å². The first-order valence-corrected chi connectivity index (χ1v) is 6.35. The Hall–Kier alpha value is -1.88. The number of nitrogens with zero attached hydrogens (tertiary/aromatic N) is 1. The number of rotatable bonds is 5. The summed E-state index contributed by atoms with van der Waals surface area (Å²) in [5.41, 5.74) is 6.29. The maximum atomic E-state index is 11.9. The van der Waals surface area contributed by atoms with E-state index in [1.165, 1.54) is 0 Å². The van der Waals surface area contributed by atoms with E-state index in [2.05, 4.69) is 0 Å². The Morgan fingerprint density at radius 3 is 2.63 bits per heavy atom. The molecule has 1 aromatic rings. The molecule has 102 valence electrons. The maximum Gasteiger partial charge on any atom is 0.223 e. The topological polar surface area (TPSA) is 83.6 Å². The van der Waals surface area contributed by atoms with Gasteiger partial charge in [0, 0.05) is 13.0 Å². The van der Waals surface area contributed by atoms with Gasteiger partial charge >= 0.3 is 0 Å². The van der Waals surface area contributed by atoms with Gasteiger partial charge in [0.15, 0.2) is 0 Å². The summed E-state index contributed by atoms with van der Waals surface area (Å²) < 4.78 is 0. The second-order valence-electron chi connectivity index (χ2n) is 4.88. The van der Waals surface area contributed by atoms with Crippen molar-refractivity contribution in [2.75, 3.05) is 13.2 Å². The summed E-state index contributed by atoms with van der Waals surface area (Å²) in [6.45, 7) is 0.193. The number of likely N-dealkylation sites (tertiary alicyclic amines) is 1. The molecule has 5 heteroatoms. The number of nitrogens with two attached hydrogens (primary N) is 1. The Balaban J connectivity index is 2.06. The standard InChI is InChI=1S/C14H18N2O3/c15-14(19)11-7-13(18)16(8-11)12(9-17)6-10-4-2-1-3-5-10/h1-5,11-12,17H,6-9H2,(H2,15,19)/t11?,12-/m0/s1. The second-order valence-corrected chi connectivity index (χ2v) is 4.88. The highest BCUT2D eigenvalue weighted by Gasteiger charge is 2.36. The van der Waals surface area contributed by atoms with E-state index in [4.69, 9.17) is 5.73 Å². The van der Waals surface area contributed by atoms with Crippen molar-refractivity contribution in [3.63, 3.8) is 0 Å². The van der Waals surface area contributed by atoms with Crippen LogP contribution in [-0.4, -0.2) is 41.0 Å². The molecular weight excluding hydrogens is 244 g/mol. The first-order chi connectivity index (χ1) is 9.11. The molecule has 0 bridgehead atoms. The van der Waals surface area contributed by atoms with Crippen molar-refractivity contribution in [2.45, 2.75) is 18.9 Å². The summed E-state index contributed by atoms with van der Waals surface area (Å²) in [5, 5.41) is 9.48. The highest BCUT2D eigenvalue weighted by atomic mass is 16.3. The predicted octanol–water partition coefficient (Wildman–Crippen LogP) is -0.0762. The van der Waals surface area contributed by atoms with Gasteiger partial charge in [-0.2, -0.15) is 0 Å². The molecule has 0 radical (unpaired) electrons. The molecule has 2 atom stereocenters. The van der Waals surface area contributed by atoms with Gasteiger partial charge in [0.05, 0.1) is 18.6 Å². The Labute approximate surface area is 112 Å². The van der Waals surface area contributed by atoms with E-state index in [1.54, 1.807) is 4.90 Å². The molecule has 5 nitrogen and oxygen atoms in total. The van der Waals surface area contributed by atoms with Crippen LogP contribution in [0.3, 0.4) is 0 Å². The van der Waals surface area contributed by atoms with Crippen LogP contribution in [0.25, 0.3) is 0 Å². The number of amides is 2. The van der Waals surface area contributed by atoms with Gasteiger partial charge in [-0.15, -0.1) is 0 Å². The van der Waals surface area contributed by atoms with Gasteiger partial charge in [-0.25, -0.2) is 0 Å². The molecule has 1 unspecified atom stereocenters. The zero-order valence-electron chi connectivity index (χ0n) is 10.7. The molecule has 19 heavy (non-hydrogen) atoms. The first-order valence-electron chi connectivity index (χ1n) is 6.35. The average Bonchev–Trinajstić information content (AvgIpc) is 2.79. The molecule has 1 heterocycles. The number of hydrogen-bond donors (Lipinski definition) is 2. The molecule has 2 amide bonds. The highest BCUT2D eigenvalue weighted by Crippen LogP contribution is 2.21. The van der Waals surface area contributed by atoms with Crippen LogP contribution < -0.4 is 5.73 Å². The summed E-state index contributed by atoms with van der Waals surface area (Å²) in [6.07, 6.45) is 0.731. The molecule has 1 aromatic carbocycles. The molecule has 1 fully saturated rings. The van der Waals surface area contributed by atoms with Crippen molar-refractivity contribution in [1.29, 1.82) is 0 Å². The largest absolute Gasteiger partial charge is 0.394 e. The van der Waals surface area contributed by atoms with Gasteiger partial charge in [-0.05, 0) is 12.0 Å². The Kier molecular flexibility index (Phi) is 4.16. The molecule has 0 spiro atoms. The molecule has 0 saturated carbocycles. The molecule has 3 N–H and O–H groups in total. The predicted molar refractivity (Wildman–Crippen MR) is 70.0 cm³/mol. The average molecular weight is 262 g/mol. The zero-order chi connectivity index (χ0) is 13.8. The number of benzene rings is 1. The first kappa shape index (κ1) is 13.5. The lowest BCUT2D eigenvalue weighted by Crippen LogP contribution is -2.41. The molecule has 1 aliphatic heterocycles. The number of aliphatic hydroxyl groups is 1. The van der Waals surface area contributed by atoms with Crippen LogP contribution in [0.2, 0.25) is 0 Å². The number of carbonyl (C=O) groups is 2. The number of carbonyl (C=O) groups excluding carboxylic acids is 2. The molecule has 2 rings (SSSR count). The van der Waals surface area contributed by atoms with Crippen molar-refractivity contribution >= 4 is 11.8 Å². The van der Waals surface area contributed by atoms with Crippen molar-refractivity contribution in [1.82, 2.24) is 4.90 Å². The zero-order valence-corrected chi connectivity index (χ0v) is 10.7. The minimum Gasteiger partial charge on any atom is -0.394 e. The van der Waals surface area contributed by atoms with Gasteiger partial charge < -0.3 is 15.7 Å². The third-order valence-electron chi connectivity index (χ3n) is 3.53. The van der Waals surface area contributed by atoms with E-state index < -0.39 is 11.8 Å². The Morgan fingerprint density at radius 2 is 2.11 bits per heavy atom. The van der Waals surface area contributed by atoms with Crippen molar-refractivity contribution in [2.24, 2.45) is 11.7 Å². The molecular formula is C14H18N2O3. The van der Waals surface area contributed by atoms with Crippen LogP contribution in [-0.2, 0) is 16.0 Å². The normalized spacial score (nSPS) is 20.6. The van der Waals surface area contributed by atoms with Crippen LogP contribution in [0, 0.1) is 5.92 Å². The van der Waals surface area contributed by atoms with Gasteiger partial charge in [0.25, 0.3) is 0 Å². The summed E-state index contributed by atoms with van der Waals surface area (Å²) in [4.78, 5) is 24.6. The van der Waals surface area contributed by atoms with Gasteiger partial charge in [-0.3, -0.25) is 9.59 Å². The minimum atomic E-state index is -0.452. The number of primary amides is 1. The minimum absolute atomic E-state index is 0.112. The van der Waals surface area contributed by atoms with Crippen LogP contribution in [0.1, 0.15) is 12.0 Å². The number of hydrogen-bond acceptors (Lipinski definition) is 3. The van der Waals surface area contributed by atoms with E-state index in [-0.39, 0.29) is 25.0 Å². The lowest BCUT2D eigenvalue weighted by Gasteiger charge is -2.26. The van der Waals surface area contributed by atoms with Crippen LogP contribution in [0.15, 0.2) is 30.3 Å². The van der Waals surface area contributed by atoms with Gasteiger partial charge in [0.1, 0.15) is 0 Å². The fourth-order valence-electron chi connectivity index (χ4n) is 2.43.